The average Bonchev–Trinajstić information content (AvgIpc) is 2.19. The molecule has 0 unspecified atom stereocenters. The van der Waals surface area contributed by atoms with E-state index in [1.54, 1.807) is 0 Å². The lowest BCUT2D eigenvalue weighted by atomic mass is 10.2. The number of anilines is 1. The van der Waals surface area contributed by atoms with Crippen molar-refractivity contribution in [2.45, 2.75) is 13.8 Å². The number of nitrogens with one attached hydrogen (secondary N) is 2. The van der Waals surface area contributed by atoms with E-state index in [4.69, 9.17) is 23.8 Å². The van der Waals surface area contributed by atoms with Gasteiger partial charge in [0.05, 0.1) is 10.7 Å². The van der Waals surface area contributed by atoms with Crippen LogP contribution in [-0.2, 0) is 0 Å². The zero-order chi connectivity index (χ0) is 12.1. The Kier molecular flexibility index (Phi) is 5.52. The number of thiocarbonyl (C=S) groups is 1. The van der Waals surface area contributed by atoms with Gasteiger partial charge in [0.2, 0.25) is 0 Å². The second-order valence-electron chi connectivity index (χ2n) is 3.85. The van der Waals surface area contributed by atoms with Crippen LogP contribution in [0.3, 0.4) is 0 Å². The molecular weight excluding hydrogens is 308 g/mol. The van der Waals surface area contributed by atoms with Gasteiger partial charge in [-0.3, -0.25) is 0 Å². The SMILES string of the molecule is CC(C)CNC(=S)Nc1ccc(Br)cc1Cl. The first kappa shape index (κ1) is 13.7. The van der Waals surface area contributed by atoms with E-state index in [2.05, 4.69) is 40.4 Å². The first-order valence-electron chi connectivity index (χ1n) is 4.99. The molecule has 0 aliphatic heterocycles. The molecule has 1 rings (SSSR count). The molecule has 0 atom stereocenters. The second kappa shape index (κ2) is 6.42. The summed E-state index contributed by atoms with van der Waals surface area (Å²) >= 11 is 14.6. The van der Waals surface area contributed by atoms with Gasteiger partial charge in [0.1, 0.15) is 0 Å². The molecule has 0 aromatic heterocycles. The third-order valence-corrected chi connectivity index (χ3v) is 2.90. The van der Waals surface area contributed by atoms with Crippen molar-refractivity contribution < 1.29 is 0 Å². The van der Waals surface area contributed by atoms with Crippen molar-refractivity contribution in [3.63, 3.8) is 0 Å². The lowest BCUT2D eigenvalue weighted by Gasteiger charge is -2.13. The zero-order valence-corrected chi connectivity index (χ0v) is 12.3. The summed E-state index contributed by atoms with van der Waals surface area (Å²) in [5.74, 6) is 0.556. The lowest BCUT2D eigenvalue weighted by molar-refractivity contribution is 0.627. The summed E-state index contributed by atoms with van der Waals surface area (Å²) in [5.41, 5.74) is 0.811. The highest BCUT2D eigenvalue weighted by molar-refractivity contribution is 9.10. The van der Waals surface area contributed by atoms with Crippen LogP contribution < -0.4 is 10.6 Å². The van der Waals surface area contributed by atoms with Crippen LogP contribution in [0.15, 0.2) is 22.7 Å². The van der Waals surface area contributed by atoms with Crippen molar-refractivity contribution in [3.05, 3.63) is 27.7 Å². The molecule has 0 aliphatic rings. The van der Waals surface area contributed by atoms with Gasteiger partial charge in [-0.1, -0.05) is 41.4 Å². The average molecular weight is 322 g/mol. The zero-order valence-electron chi connectivity index (χ0n) is 9.18. The second-order valence-corrected chi connectivity index (χ2v) is 5.58. The molecule has 0 saturated carbocycles. The summed E-state index contributed by atoms with van der Waals surface area (Å²) in [6.45, 7) is 5.10. The maximum absolute atomic E-state index is 6.06. The minimum atomic E-state index is 0.556. The van der Waals surface area contributed by atoms with E-state index in [9.17, 15) is 0 Å². The number of benzene rings is 1. The van der Waals surface area contributed by atoms with Gasteiger partial charge in [-0.2, -0.15) is 0 Å². The maximum atomic E-state index is 6.06. The molecule has 0 heterocycles. The standard InChI is InChI=1S/C11H14BrClN2S/c1-7(2)6-14-11(16)15-10-4-3-8(12)5-9(10)13/h3-5,7H,6H2,1-2H3,(H2,14,15,16). The van der Waals surface area contributed by atoms with Crippen molar-refractivity contribution >= 4 is 50.5 Å². The molecule has 0 saturated heterocycles. The third kappa shape index (κ3) is 4.68. The molecule has 0 bridgehead atoms. The molecule has 0 fully saturated rings. The molecule has 0 amide bonds. The fourth-order valence-corrected chi connectivity index (χ4v) is 1.97. The Hall–Kier alpha value is -0.320. The van der Waals surface area contributed by atoms with Crippen molar-refractivity contribution in [2.24, 2.45) is 5.92 Å². The van der Waals surface area contributed by atoms with Crippen LogP contribution in [0.4, 0.5) is 5.69 Å². The molecule has 0 radical (unpaired) electrons. The summed E-state index contributed by atoms with van der Waals surface area (Å²) in [5, 5.41) is 7.42. The number of hydrogen-bond donors (Lipinski definition) is 2. The van der Waals surface area contributed by atoms with Crippen LogP contribution in [0.25, 0.3) is 0 Å². The van der Waals surface area contributed by atoms with Crippen molar-refractivity contribution in [1.82, 2.24) is 5.32 Å². The van der Waals surface area contributed by atoms with Crippen LogP contribution in [0.5, 0.6) is 0 Å². The summed E-state index contributed by atoms with van der Waals surface area (Å²) in [4.78, 5) is 0. The lowest BCUT2D eigenvalue weighted by Crippen LogP contribution is -2.31. The van der Waals surface area contributed by atoms with Gasteiger partial charge < -0.3 is 10.6 Å². The van der Waals surface area contributed by atoms with Crippen molar-refractivity contribution in [2.75, 3.05) is 11.9 Å². The number of hydrogen-bond acceptors (Lipinski definition) is 1. The smallest absolute Gasteiger partial charge is 0.170 e. The van der Waals surface area contributed by atoms with Gasteiger partial charge in [-0.25, -0.2) is 0 Å². The monoisotopic (exact) mass is 320 g/mol. The Morgan fingerprint density at radius 3 is 2.75 bits per heavy atom. The van der Waals surface area contributed by atoms with Gasteiger partial charge in [0.15, 0.2) is 5.11 Å². The Labute approximate surface area is 115 Å². The predicted molar refractivity (Wildman–Crippen MR) is 78.2 cm³/mol. The summed E-state index contributed by atoms with van der Waals surface area (Å²) < 4.78 is 0.948. The van der Waals surface area contributed by atoms with E-state index < -0.39 is 0 Å². The molecule has 16 heavy (non-hydrogen) atoms. The van der Waals surface area contributed by atoms with Crippen LogP contribution in [0.2, 0.25) is 5.02 Å². The molecule has 88 valence electrons. The van der Waals surface area contributed by atoms with Crippen LogP contribution in [-0.4, -0.2) is 11.7 Å². The normalized spacial score (nSPS) is 10.3. The number of halogens is 2. The molecular formula is C11H14BrClN2S. The highest BCUT2D eigenvalue weighted by atomic mass is 79.9. The molecule has 0 aliphatic carbocycles. The molecule has 2 nitrogen and oxygen atoms in total. The fraction of sp³-hybridized carbons (Fsp3) is 0.364. The van der Waals surface area contributed by atoms with E-state index >= 15 is 0 Å². The summed E-state index contributed by atoms with van der Waals surface area (Å²) in [6, 6.07) is 5.63. The minimum absolute atomic E-state index is 0.556. The molecule has 1 aromatic rings. The molecule has 5 heteroatoms. The van der Waals surface area contributed by atoms with E-state index in [-0.39, 0.29) is 0 Å². The highest BCUT2D eigenvalue weighted by Gasteiger charge is 2.03. The Balaban J connectivity index is 2.56. The van der Waals surface area contributed by atoms with E-state index in [1.165, 1.54) is 0 Å². The largest absolute Gasteiger partial charge is 0.362 e. The minimum Gasteiger partial charge on any atom is -0.362 e. The van der Waals surface area contributed by atoms with Gasteiger partial charge in [0.25, 0.3) is 0 Å². The van der Waals surface area contributed by atoms with Gasteiger partial charge in [-0.15, -0.1) is 0 Å². The third-order valence-electron chi connectivity index (χ3n) is 1.85. The Bertz CT molecular complexity index is 382. The van der Waals surface area contributed by atoms with Crippen molar-refractivity contribution in [3.8, 4) is 0 Å². The van der Waals surface area contributed by atoms with E-state index in [1.807, 2.05) is 18.2 Å². The first-order valence-corrected chi connectivity index (χ1v) is 6.57. The predicted octanol–water partition coefficient (Wildman–Crippen LogP) is 4.04. The fourth-order valence-electron chi connectivity index (χ4n) is 1.05. The summed E-state index contributed by atoms with van der Waals surface area (Å²) in [6.07, 6.45) is 0. The van der Waals surface area contributed by atoms with Gasteiger partial charge in [0, 0.05) is 11.0 Å². The number of rotatable bonds is 3. The van der Waals surface area contributed by atoms with Crippen LogP contribution >= 0.6 is 39.7 Å². The maximum Gasteiger partial charge on any atom is 0.170 e. The van der Waals surface area contributed by atoms with Crippen LogP contribution in [0.1, 0.15) is 13.8 Å². The Morgan fingerprint density at radius 1 is 1.50 bits per heavy atom. The van der Waals surface area contributed by atoms with Gasteiger partial charge in [-0.05, 0) is 36.3 Å². The molecule has 1 aromatic carbocycles. The molecule has 0 spiro atoms. The topological polar surface area (TPSA) is 24.1 Å². The first-order chi connectivity index (χ1) is 7.49. The van der Waals surface area contributed by atoms with Crippen molar-refractivity contribution in [1.29, 1.82) is 0 Å². The van der Waals surface area contributed by atoms with E-state index in [0.717, 1.165) is 16.7 Å². The van der Waals surface area contributed by atoms with E-state index in [0.29, 0.717) is 16.1 Å². The van der Waals surface area contributed by atoms with Crippen LogP contribution in [0, 0.1) is 5.92 Å². The summed E-state index contributed by atoms with van der Waals surface area (Å²) in [7, 11) is 0. The quantitative estimate of drug-likeness (QED) is 0.822. The Morgan fingerprint density at radius 2 is 2.19 bits per heavy atom. The highest BCUT2D eigenvalue weighted by Crippen LogP contribution is 2.25. The van der Waals surface area contributed by atoms with Gasteiger partial charge >= 0.3 is 0 Å². The molecule has 2 N–H and O–H groups in total.